The second-order valence-electron chi connectivity index (χ2n) is 5.95. The average molecular weight is 311 g/mol. The van der Waals surface area contributed by atoms with Gasteiger partial charge in [0.05, 0.1) is 19.3 Å². The van der Waals surface area contributed by atoms with E-state index in [9.17, 15) is 14.4 Å². The van der Waals surface area contributed by atoms with Crippen LogP contribution in [0.5, 0.6) is 0 Å². The van der Waals surface area contributed by atoms with E-state index >= 15 is 0 Å². The van der Waals surface area contributed by atoms with Crippen LogP contribution in [0.3, 0.4) is 0 Å². The van der Waals surface area contributed by atoms with Crippen molar-refractivity contribution in [2.45, 2.75) is 31.4 Å². The molecule has 1 spiro atoms. The second-order valence-corrected chi connectivity index (χ2v) is 5.95. The van der Waals surface area contributed by atoms with E-state index in [1.807, 2.05) is 6.92 Å². The molecule has 22 heavy (non-hydrogen) atoms. The number of hydrogen-bond donors (Lipinski definition) is 1. The van der Waals surface area contributed by atoms with Gasteiger partial charge in [0.1, 0.15) is 12.1 Å². The van der Waals surface area contributed by atoms with Crippen molar-refractivity contribution in [3.63, 3.8) is 0 Å². The first-order chi connectivity index (χ1) is 10.6. The Morgan fingerprint density at radius 2 is 2.23 bits per heavy atom. The van der Waals surface area contributed by atoms with Gasteiger partial charge in [0, 0.05) is 26.1 Å². The Morgan fingerprint density at radius 3 is 2.91 bits per heavy atom. The molecule has 2 unspecified atom stereocenters. The van der Waals surface area contributed by atoms with Crippen LogP contribution in [0.4, 0.5) is 4.79 Å². The highest BCUT2D eigenvalue weighted by atomic mass is 16.5. The van der Waals surface area contributed by atoms with Gasteiger partial charge in [-0.2, -0.15) is 0 Å². The average Bonchev–Trinajstić information content (AvgIpc) is 3.08. The topological polar surface area (TPSA) is 88.2 Å². The third kappa shape index (κ3) is 2.56. The van der Waals surface area contributed by atoms with Crippen LogP contribution < -0.4 is 5.32 Å². The molecule has 122 valence electrons. The van der Waals surface area contributed by atoms with E-state index in [2.05, 4.69) is 5.32 Å². The number of nitrogens with one attached hydrogen (secondary N) is 1. The summed E-state index contributed by atoms with van der Waals surface area (Å²) in [5.74, 6) is -0.579. The molecule has 0 aromatic rings. The molecule has 3 saturated heterocycles. The Morgan fingerprint density at radius 1 is 1.41 bits per heavy atom. The molecule has 2 atom stereocenters. The van der Waals surface area contributed by atoms with Crippen molar-refractivity contribution in [1.82, 2.24) is 15.1 Å². The molecule has 8 nitrogen and oxygen atoms in total. The van der Waals surface area contributed by atoms with Crippen molar-refractivity contribution in [3.8, 4) is 0 Å². The highest BCUT2D eigenvalue weighted by molar-refractivity contribution is 6.09. The number of urea groups is 1. The van der Waals surface area contributed by atoms with Crippen molar-refractivity contribution in [2.24, 2.45) is 0 Å². The van der Waals surface area contributed by atoms with Gasteiger partial charge >= 0.3 is 6.03 Å². The summed E-state index contributed by atoms with van der Waals surface area (Å²) in [7, 11) is 0. The molecular formula is C14H21N3O5. The van der Waals surface area contributed by atoms with Crippen LogP contribution in [-0.4, -0.2) is 78.7 Å². The quantitative estimate of drug-likeness (QED) is 0.699. The standard InChI is InChI=1S/C14H21N3O5/c1-2-10-7-16(4-6-22-10)11(18)8-17-12(19)14(15-13(17)20)3-5-21-9-14/h10H,2-9H2,1H3,(H,15,20). The first kappa shape index (κ1) is 15.2. The van der Waals surface area contributed by atoms with E-state index in [0.29, 0.717) is 32.7 Å². The Labute approximate surface area is 128 Å². The number of hydrogen-bond acceptors (Lipinski definition) is 5. The van der Waals surface area contributed by atoms with Crippen LogP contribution >= 0.6 is 0 Å². The lowest BCUT2D eigenvalue weighted by Crippen LogP contribution is -2.51. The highest BCUT2D eigenvalue weighted by Crippen LogP contribution is 2.26. The fourth-order valence-electron chi connectivity index (χ4n) is 3.08. The predicted octanol–water partition coefficient (Wildman–Crippen LogP) is -0.665. The van der Waals surface area contributed by atoms with E-state index in [1.54, 1.807) is 4.90 Å². The molecular weight excluding hydrogens is 290 g/mol. The number of nitrogens with zero attached hydrogens (tertiary/aromatic N) is 2. The predicted molar refractivity (Wildman–Crippen MR) is 75.0 cm³/mol. The largest absolute Gasteiger partial charge is 0.378 e. The Bertz CT molecular complexity index is 489. The molecule has 0 saturated carbocycles. The van der Waals surface area contributed by atoms with Crippen LogP contribution in [0.2, 0.25) is 0 Å². The summed E-state index contributed by atoms with van der Waals surface area (Å²) in [5.41, 5.74) is -0.964. The molecule has 0 aliphatic carbocycles. The number of imide groups is 1. The Balaban J connectivity index is 1.64. The molecule has 0 bridgehead atoms. The maximum absolute atomic E-state index is 12.4. The smallest absolute Gasteiger partial charge is 0.325 e. The van der Waals surface area contributed by atoms with E-state index in [0.717, 1.165) is 11.3 Å². The normalized spacial score (nSPS) is 32.0. The zero-order valence-electron chi connectivity index (χ0n) is 12.7. The third-order valence-corrected chi connectivity index (χ3v) is 4.51. The van der Waals surface area contributed by atoms with Gasteiger partial charge in [-0.25, -0.2) is 4.79 Å². The zero-order chi connectivity index (χ0) is 15.7. The maximum atomic E-state index is 12.4. The van der Waals surface area contributed by atoms with E-state index in [4.69, 9.17) is 9.47 Å². The molecule has 3 heterocycles. The van der Waals surface area contributed by atoms with E-state index in [-0.39, 0.29) is 31.1 Å². The third-order valence-electron chi connectivity index (χ3n) is 4.51. The van der Waals surface area contributed by atoms with Gasteiger partial charge in [0.15, 0.2) is 0 Å². The SMILES string of the molecule is CCC1CN(C(=O)CN2C(=O)NC3(CCOC3)C2=O)CCO1. The van der Waals surface area contributed by atoms with Crippen molar-refractivity contribution in [2.75, 3.05) is 39.5 Å². The molecule has 3 fully saturated rings. The summed E-state index contributed by atoms with van der Waals surface area (Å²) in [6.45, 7) is 3.89. The fraction of sp³-hybridized carbons (Fsp3) is 0.786. The monoisotopic (exact) mass is 311 g/mol. The number of rotatable bonds is 3. The number of morpholine rings is 1. The lowest BCUT2D eigenvalue weighted by molar-refractivity contribution is -0.143. The minimum atomic E-state index is -0.964. The van der Waals surface area contributed by atoms with Crippen LogP contribution in [0, 0.1) is 0 Å². The summed E-state index contributed by atoms with van der Waals surface area (Å²) in [4.78, 5) is 39.5. The summed E-state index contributed by atoms with van der Waals surface area (Å²) >= 11 is 0. The Hall–Kier alpha value is -1.67. The molecule has 0 aromatic heterocycles. The molecule has 3 aliphatic heterocycles. The molecule has 8 heteroatoms. The first-order valence-corrected chi connectivity index (χ1v) is 7.67. The van der Waals surface area contributed by atoms with Crippen LogP contribution in [-0.2, 0) is 19.1 Å². The lowest BCUT2D eigenvalue weighted by atomic mass is 9.99. The molecule has 0 aromatic carbocycles. The highest BCUT2D eigenvalue weighted by Gasteiger charge is 2.54. The van der Waals surface area contributed by atoms with Crippen molar-refractivity contribution < 1.29 is 23.9 Å². The Kier molecular flexibility index (Phi) is 4.05. The lowest BCUT2D eigenvalue weighted by Gasteiger charge is -2.33. The van der Waals surface area contributed by atoms with Crippen molar-refractivity contribution in [3.05, 3.63) is 0 Å². The molecule has 1 N–H and O–H groups in total. The second kappa shape index (κ2) is 5.85. The molecule has 0 radical (unpaired) electrons. The molecule has 3 aliphatic rings. The number of amides is 4. The minimum absolute atomic E-state index is 0.0235. The maximum Gasteiger partial charge on any atom is 0.325 e. The van der Waals surface area contributed by atoms with Crippen LogP contribution in [0.1, 0.15) is 19.8 Å². The van der Waals surface area contributed by atoms with Gasteiger partial charge in [-0.3, -0.25) is 14.5 Å². The first-order valence-electron chi connectivity index (χ1n) is 7.67. The number of carbonyl (C=O) groups is 3. The summed E-state index contributed by atoms with van der Waals surface area (Å²) in [6, 6.07) is -0.510. The summed E-state index contributed by atoms with van der Waals surface area (Å²) < 4.78 is 10.8. The van der Waals surface area contributed by atoms with Gasteiger partial charge in [-0.05, 0) is 6.42 Å². The molecule has 4 amide bonds. The number of carbonyl (C=O) groups excluding carboxylic acids is 3. The van der Waals surface area contributed by atoms with Gasteiger partial charge < -0.3 is 19.7 Å². The van der Waals surface area contributed by atoms with Gasteiger partial charge in [0.25, 0.3) is 5.91 Å². The van der Waals surface area contributed by atoms with Gasteiger partial charge in [-0.15, -0.1) is 0 Å². The van der Waals surface area contributed by atoms with Crippen LogP contribution in [0.15, 0.2) is 0 Å². The van der Waals surface area contributed by atoms with E-state index in [1.165, 1.54) is 0 Å². The zero-order valence-corrected chi connectivity index (χ0v) is 12.7. The van der Waals surface area contributed by atoms with Gasteiger partial charge in [-0.1, -0.05) is 6.92 Å². The summed E-state index contributed by atoms with van der Waals surface area (Å²) in [6.07, 6.45) is 1.31. The van der Waals surface area contributed by atoms with Gasteiger partial charge in [0.2, 0.25) is 5.91 Å². The summed E-state index contributed by atoms with van der Waals surface area (Å²) in [5, 5.41) is 2.67. The molecule has 3 rings (SSSR count). The minimum Gasteiger partial charge on any atom is -0.378 e. The fourth-order valence-corrected chi connectivity index (χ4v) is 3.08. The van der Waals surface area contributed by atoms with Crippen molar-refractivity contribution >= 4 is 17.8 Å². The van der Waals surface area contributed by atoms with Crippen molar-refractivity contribution in [1.29, 1.82) is 0 Å². The van der Waals surface area contributed by atoms with E-state index < -0.39 is 11.6 Å². The van der Waals surface area contributed by atoms with Crippen LogP contribution in [0.25, 0.3) is 0 Å². The number of ether oxygens (including phenoxy) is 2.